The van der Waals surface area contributed by atoms with Crippen LogP contribution in [0.2, 0.25) is 0 Å². The van der Waals surface area contributed by atoms with E-state index in [1.165, 1.54) is 4.68 Å². The zero-order valence-electron chi connectivity index (χ0n) is 19.6. The van der Waals surface area contributed by atoms with Crippen molar-refractivity contribution in [3.8, 4) is 5.69 Å². The summed E-state index contributed by atoms with van der Waals surface area (Å²) in [5.74, 6) is -1.12. The molecule has 1 amide bonds. The molecule has 0 aliphatic heterocycles. The third kappa shape index (κ3) is 3.98. The Balaban J connectivity index is 1.79. The number of benzene rings is 2. The van der Waals surface area contributed by atoms with Crippen LogP contribution in [0.4, 0.5) is 5.69 Å². The summed E-state index contributed by atoms with van der Waals surface area (Å²) in [6.07, 6.45) is 0. The number of hydrogen-bond donors (Lipinski definition) is 1. The van der Waals surface area contributed by atoms with Gasteiger partial charge in [0.15, 0.2) is 6.61 Å². The number of nitrogens with one attached hydrogen (secondary N) is 1. The van der Waals surface area contributed by atoms with E-state index in [0.717, 1.165) is 27.8 Å². The van der Waals surface area contributed by atoms with E-state index in [9.17, 15) is 14.4 Å². The molecule has 3 rings (SSSR count). The molecule has 0 saturated carbocycles. The molecule has 2 aromatic carbocycles. The highest BCUT2D eigenvalue weighted by Gasteiger charge is 2.22. The lowest BCUT2D eigenvalue weighted by Gasteiger charge is -2.17. The van der Waals surface area contributed by atoms with Crippen molar-refractivity contribution in [3.63, 3.8) is 0 Å². The molecule has 0 fully saturated rings. The number of anilines is 1. The van der Waals surface area contributed by atoms with Crippen molar-refractivity contribution in [1.82, 2.24) is 9.36 Å². The van der Waals surface area contributed by atoms with Crippen LogP contribution in [0, 0.1) is 41.5 Å². The Morgan fingerprint density at radius 1 is 0.875 bits per heavy atom. The van der Waals surface area contributed by atoms with Gasteiger partial charge in [-0.15, -0.1) is 0 Å². The highest BCUT2D eigenvalue weighted by molar-refractivity contribution is 5.97. The molecule has 0 spiro atoms. The summed E-state index contributed by atoms with van der Waals surface area (Å²) in [6, 6.07) is 9.15. The van der Waals surface area contributed by atoms with E-state index in [-0.39, 0.29) is 11.2 Å². The third-order valence-corrected chi connectivity index (χ3v) is 6.36. The van der Waals surface area contributed by atoms with Crippen LogP contribution in [0.3, 0.4) is 0 Å². The van der Waals surface area contributed by atoms with E-state index in [0.29, 0.717) is 16.9 Å². The molecular formula is C25H29N3O4. The predicted octanol–water partition coefficient (Wildman–Crippen LogP) is 3.82. The van der Waals surface area contributed by atoms with Gasteiger partial charge in [0.05, 0.1) is 16.9 Å². The molecule has 0 saturated heterocycles. The first-order valence-electron chi connectivity index (χ1n) is 10.4. The van der Waals surface area contributed by atoms with Gasteiger partial charge in [-0.25, -0.2) is 9.48 Å². The number of para-hydroxylation sites is 1. The maximum Gasteiger partial charge on any atom is 0.339 e. The molecule has 1 aromatic heterocycles. The predicted molar refractivity (Wildman–Crippen MR) is 125 cm³/mol. The summed E-state index contributed by atoms with van der Waals surface area (Å²) in [5, 5.41) is 2.61. The van der Waals surface area contributed by atoms with Crippen LogP contribution in [-0.2, 0) is 16.6 Å². The fourth-order valence-electron chi connectivity index (χ4n) is 3.90. The highest BCUT2D eigenvalue weighted by atomic mass is 16.5. The quantitative estimate of drug-likeness (QED) is 0.618. The largest absolute Gasteiger partial charge is 0.452 e. The first kappa shape index (κ1) is 23.1. The number of esters is 1. The molecule has 168 valence electrons. The van der Waals surface area contributed by atoms with Crippen molar-refractivity contribution in [2.24, 2.45) is 7.05 Å². The Morgan fingerprint density at radius 3 is 1.97 bits per heavy atom. The molecule has 0 unspecified atom stereocenters. The van der Waals surface area contributed by atoms with Gasteiger partial charge in [0, 0.05) is 7.05 Å². The Kier molecular flexibility index (Phi) is 6.39. The molecule has 7 heteroatoms. The zero-order valence-corrected chi connectivity index (χ0v) is 19.6. The van der Waals surface area contributed by atoms with Crippen LogP contribution < -0.4 is 10.9 Å². The monoisotopic (exact) mass is 435 g/mol. The number of carbonyl (C=O) groups is 2. The van der Waals surface area contributed by atoms with Gasteiger partial charge in [0.1, 0.15) is 5.69 Å². The summed E-state index contributed by atoms with van der Waals surface area (Å²) in [4.78, 5) is 38.2. The Morgan fingerprint density at radius 2 is 1.41 bits per heavy atom. The fourth-order valence-corrected chi connectivity index (χ4v) is 3.90. The number of aromatic nitrogens is 2. The van der Waals surface area contributed by atoms with Gasteiger partial charge in [-0.2, -0.15) is 0 Å². The SMILES string of the molecule is Cc1c(C)c(C)c(C(=O)OCC(=O)Nc2c(C)n(C)n(-c3ccccc3)c2=O)c(C)c1C. The smallest absolute Gasteiger partial charge is 0.339 e. The lowest BCUT2D eigenvalue weighted by molar-refractivity contribution is -0.119. The van der Waals surface area contributed by atoms with Gasteiger partial charge in [0.25, 0.3) is 11.5 Å². The van der Waals surface area contributed by atoms with Crippen LogP contribution in [0.25, 0.3) is 5.69 Å². The second kappa shape index (κ2) is 8.86. The van der Waals surface area contributed by atoms with E-state index < -0.39 is 18.5 Å². The fraction of sp³-hybridized carbons (Fsp3) is 0.320. The van der Waals surface area contributed by atoms with Crippen molar-refractivity contribution >= 4 is 17.6 Å². The zero-order chi connectivity index (χ0) is 23.7. The van der Waals surface area contributed by atoms with Crippen molar-refractivity contribution in [2.75, 3.05) is 11.9 Å². The third-order valence-electron chi connectivity index (χ3n) is 6.36. The molecular weight excluding hydrogens is 406 g/mol. The van der Waals surface area contributed by atoms with Gasteiger partial charge in [-0.1, -0.05) is 18.2 Å². The van der Waals surface area contributed by atoms with E-state index in [2.05, 4.69) is 5.32 Å². The minimum absolute atomic E-state index is 0.159. The standard InChI is InChI=1S/C25H29N3O4/c1-14-15(2)17(4)22(18(5)16(14)3)25(31)32-13-21(29)26-23-19(6)27(7)28(24(23)30)20-11-9-8-10-12-20/h8-12H,13H2,1-7H3,(H,26,29). The van der Waals surface area contributed by atoms with Crippen molar-refractivity contribution < 1.29 is 14.3 Å². The van der Waals surface area contributed by atoms with Crippen molar-refractivity contribution in [3.05, 3.63) is 79.8 Å². The number of hydrogen-bond acceptors (Lipinski definition) is 4. The Labute approximate surface area is 187 Å². The summed E-state index contributed by atoms with van der Waals surface area (Å²) >= 11 is 0. The van der Waals surface area contributed by atoms with Gasteiger partial charge in [0.2, 0.25) is 0 Å². The number of nitrogens with zero attached hydrogens (tertiary/aromatic N) is 2. The highest BCUT2D eigenvalue weighted by Crippen LogP contribution is 2.26. The molecule has 3 aromatic rings. The number of carbonyl (C=O) groups excluding carboxylic acids is 2. The van der Waals surface area contributed by atoms with Crippen LogP contribution in [-0.4, -0.2) is 27.8 Å². The first-order chi connectivity index (χ1) is 15.1. The molecule has 0 aliphatic rings. The maximum atomic E-state index is 12.9. The second-order valence-corrected chi connectivity index (χ2v) is 8.06. The molecule has 1 N–H and O–H groups in total. The van der Waals surface area contributed by atoms with Crippen molar-refractivity contribution in [2.45, 2.75) is 41.5 Å². The molecule has 7 nitrogen and oxygen atoms in total. The van der Waals surface area contributed by atoms with Gasteiger partial charge in [-0.3, -0.25) is 14.3 Å². The number of ether oxygens (including phenoxy) is 1. The lowest BCUT2D eigenvalue weighted by Crippen LogP contribution is -2.26. The van der Waals surface area contributed by atoms with Crippen LogP contribution >= 0.6 is 0 Å². The van der Waals surface area contributed by atoms with Crippen LogP contribution in [0.1, 0.15) is 43.9 Å². The average molecular weight is 436 g/mol. The van der Waals surface area contributed by atoms with Crippen LogP contribution in [0.5, 0.6) is 0 Å². The first-order valence-corrected chi connectivity index (χ1v) is 10.4. The number of amides is 1. The summed E-state index contributed by atoms with van der Waals surface area (Å²) < 4.78 is 8.45. The summed E-state index contributed by atoms with van der Waals surface area (Å²) in [5.41, 5.74) is 6.47. The lowest BCUT2D eigenvalue weighted by atomic mass is 9.90. The molecule has 0 radical (unpaired) electrons. The van der Waals surface area contributed by atoms with Gasteiger partial charge in [-0.05, 0) is 81.5 Å². The van der Waals surface area contributed by atoms with E-state index in [1.54, 1.807) is 18.7 Å². The molecule has 0 bridgehead atoms. The number of rotatable bonds is 5. The van der Waals surface area contributed by atoms with Gasteiger partial charge >= 0.3 is 5.97 Å². The normalized spacial score (nSPS) is 10.8. The maximum absolute atomic E-state index is 12.9. The van der Waals surface area contributed by atoms with E-state index >= 15 is 0 Å². The molecule has 32 heavy (non-hydrogen) atoms. The summed E-state index contributed by atoms with van der Waals surface area (Å²) in [7, 11) is 1.74. The minimum atomic E-state index is -0.569. The minimum Gasteiger partial charge on any atom is -0.452 e. The Hall–Kier alpha value is -3.61. The van der Waals surface area contributed by atoms with E-state index in [4.69, 9.17) is 4.74 Å². The Bertz CT molecular complexity index is 1240. The van der Waals surface area contributed by atoms with Crippen LogP contribution in [0.15, 0.2) is 35.1 Å². The van der Waals surface area contributed by atoms with Gasteiger partial charge < -0.3 is 10.1 Å². The molecule has 0 atom stereocenters. The second-order valence-electron chi connectivity index (χ2n) is 8.06. The van der Waals surface area contributed by atoms with E-state index in [1.807, 2.05) is 65.0 Å². The van der Waals surface area contributed by atoms with Crippen molar-refractivity contribution in [1.29, 1.82) is 0 Å². The molecule has 0 aliphatic carbocycles. The topological polar surface area (TPSA) is 82.3 Å². The molecule has 1 heterocycles. The average Bonchev–Trinajstić information content (AvgIpc) is 2.98. The summed E-state index contributed by atoms with van der Waals surface area (Å²) in [6.45, 7) is 11.0.